The van der Waals surface area contributed by atoms with Crippen molar-refractivity contribution in [2.24, 2.45) is 0 Å². The summed E-state index contributed by atoms with van der Waals surface area (Å²) in [5.41, 5.74) is 1.30. The van der Waals surface area contributed by atoms with E-state index in [1.165, 1.54) is 11.3 Å². The van der Waals surface area contributed by atoms with Gasteiger partial charge in [0.15, 0.2) is 5.13 Å². The molecule has 0 unspecified atom stereocenters. The summed E-state index contributed by atoms with van der Waals surface area (Å²) in [6.45, 7) is 6.28. The number of hydrogen-bond acceptors (Lipinski definition) is 7. The van der Waals surface area contributed by atoms with Crippen molar-refractivity contribution in [3.8, 4) is 0 Å². The number of benzene rings is 2. The largest absolute Gasteiger partial charge is 0.308 e. The second-order valence-electron chi connectivity index (χ2n) is 9.23. The Kier molecular flexibility index (Phi) is 11.0. The van der Waals surface area contributed by atoms with Crippen molar-refractivity contribution >= 4 is 54.4 Å². The van der Waals surface area contributed by atoms with Gasteiger partial charge < -0.3 is 4.90 Å². The maximum absolute atomic E-state index is 13.6. The number of aromatic nitrogens is 1. The van der Waals surface area contributed by atoms with Gasteiger partial charge in [0.2, 0.25) is 10.0 Å². The molecule has 1 amide bonds. The van der Waals surface area contributed by atoms with Gasteiger partial charge in [-0.2, -0.15) is 4.31 Å². The Bertz CT molecular complexity index is 1270. The van der Waals surface area contributed by atoms with Gasteiger partial charge in [0.05, 0.1) is 15.1 Å². The number of thioether (sulfide) groups is 1. The van der Waals surface area contributed by atoms with Crippen LogP contribution in [0.15, 0.2) is 52.3 Å². The van der Waals surface area contributed by atoms with Crippen LogP contribution in [0.3, 0.4) is 0 Å². The minimum atomic E-state index is -3.62. The van der Waals surface area contributed by atoms with Crippen molar-refractivity contribution in [2.45, 2.75) is 49.3 Å². The lowest BCUT2D eigenvalue weighted by atomic mass is 10.2. The van der Waals surface area contributed by atoms with Crippen LogP contribution < -0.4 is 4.90 Å². The number of likely N-dealkylation sites (N-methyl/N-ethyl adjacent to an activating group) is 1. The molecule has 202 valence electrons. The molecule has 0 saturated carbocycles. The third kappa shape index (κ3) is 7.54. The summed E-state index contributed by atoms with van der Waals surface area (Å²) in [4.78, 5) is 23.5. The van der Waals surface area contributed by atoms with Gasteiger partial charge in [-0.1, -0.05) is 38.0 Å². The van der Waals surface area contributed by atoms with Crippen LogP contribution in [0, 0.1) is 0 Å². The Balaban J connectivity index is 1.89. The van der Waals surface area contributed by atoms with E-state index in [0.717, 1.165) is 40.8 Å². The lowest BCUT2D eigenvalue weighted by Gasteiger charge is -2.23. The fraction of sp³-hybridized carbons (Fsp3) is 0.481. The molecule has 0 radical (unpaired) electrons. The molecule has 37 heavy (non-hydrogen) atoms. The average Bonchev–Trinajstić information content (AvgIpc) is 3.31. The monoisotopic (exact) mass is 562 g/mol. The van der Waals surface area contributed by atoms with Crippen LogP contribution in [-0.2, 0) is 10.0 Å². The Labute approximate surface area is 229 Å². The third-order valence-electron chi connectivity index (χ3n) is 6.09. The standard InChI is InChI=1S/C27H38N4O3S3/c1-6-8-16-30(17-9-7-2)37(33,34)23-13-10-21(11-14-23)26(32)31(19-18-29(3)4)27-28-24-15-12-22(35-5)20-25(24)36-27/h10-15,20H,6-9,16-19H2,1-5H3. The fourth-order valence-electron chi connectivity index (χ4n) is 3.81. The molecule has 1 heterocycles. The van der Waals surface area contributed by atoms with Crippen LogP contribution in [0.4, 0.5) is 5.13 Å². The number of carbonyl (C=O) groups excluding carboxylic acids is 1. The molecule has 2 aromatic carbocycles. The zero-order valence-electron chi connectivity index (χ0n) is 22.4. The van der Waals surface area contributed by atoms with E-state index < -0.39 is 10.0 Å². The first-order valence-electron chi connectivity index (χ1n) is 12.7. The lowest BCUT2D eigenvalue weighted by Crippen LogP contribution is -2.37. The molecular formula is C27H38N4O3S3. The highest BCUT2D eigenvalue weighted by Gasteiger charge is 2.25. The zero-order valence-corrected chi connectivity index (χ0v) is 24.9. The SMILES string of the molecule is CCCCN(CCCC)S(=O)(=O)c1ccc(C(=O)N(CCN(C)C)c2nc3ccc(SC)cc3s2)cc1. The molecule has 7 nitrogen and oxygen atoms in total. The highest BCUT2D eigenvalue weighted by molar-refractivity contribution is 7.98. The van der Waals surface area contributed by atoms with Gasteiger partial charge in [-0.15, -0.1) is 11.8 Å². The Morgan fingerprint density at radius 3 is 2.16 bits per heavy atom. The van der Waals surface area contributed by atoms with Crippen LogP contribution in [0.2, 0.25) is 0 Å². The molecular weight excluding hydrogens is 525 g/mol. The first-order valence-corrected chi connectivity index (χ1v) is 16.2. The maximum Gasteiger partial charge on any atom is 0.260 e. The molecule has 0 atom stereocenters. The van der Waals surface area contributed by atoms with E-state index in [2.05, 4.69) is 19.9 Å². The number of unbranched alkanes of at least 4 members (excludes halogenated alkanes) is 2. The van der Waals surface area contributed by atoms with E-state index in [4.69, 9.17) is 4.98 Å². The van der Waals surface area contributed by atoms with Crippen molar-refractivity contribution in [3.63, 3.8) is 0 Å². The van der Waals surface area contributed by atoms with E-state index in [0.29, 0.717) is 36.9 Å². The minimum Gasteiger partial charge on any atom is -0.308 e. The van der Waals surface area contributed by atoms with E-state index in [1.807, 2.05) is 37.4 Å². The van der Waals surface area contributed by atoms with Gasteiger partial charge in [0.25, 0.3) is 5.91 Å². The number of anilines is 1. The predicted molar refractivity (Wildman–Crippen MR) is 157 cm³/mol. The van der Waals surface area contributed by atoms with Crippen molar-refractivity contribution < 1.29 is 13.2 Å². The van der Waals surface area contributed by atoms with Crippen molar-refractivity contribution in [1.29, 1.82) is 0 Å². The molecule has 0 aliphatic heterocycles. The van der Waals surface area contributed by atoms with Crippen molar-refractivity contribution in [2.75, 3.05) is 51.4 Å². The van der Waals surface area contributed by atoms with E-state index >= 15 is 0 Å². The number of hydrogen-bond donors (Lipinski definition) is 0. The highest BCUT2D eigenvalue weighted by Crippen LogP contribution is 2.32. The van der Waals surface area contributed by atoms with Crippen molar-refractivity contribution in [3.05, 3.63) is 48.0 Å². The smallest absolute Gasteiger partial charge is 0.260 e. The van der Waals surface area contributed by atoms with Crippen LogP contribution in [-0.4, -0.2) is 75.0 Å². The quantitative estimate of drug-likeness (QED) is 0.231. The zero-order chi connectivity index (χ0) is 27.0. The molecule has 3 rings (SSSR count). The van der Waals surface area contributed by atoms with Gasteiger partial charge in [-0.05, 0) is 75.7 Å². The van der Waals surface area contributed by atoms with Gasteiger partial charge in [-0.25, -0.2) is 13.4 Å². The summed E-state index contributed by atoms with van der Waals surface area (Å²) in [5.74, 6) is -0.191. The molecule has 0 N–H and O–H groups in total. The van der Waals surface area contributed by atoms with Gasteiger partial charge >= 0.3 is 0 Å². The first kappa shape index (κ1) is 29.6. The Hall–Kier alpha value is -1.98. The van der Waals surface area contributed by atoms with E-state index in [9.17, 15) is 13.2 Å². The van der Waals surface area contributed by atoms with Crippen molar-refractivity contribution in [1.82, 2.24) is 14.2 Å². The number of rotatable bonds is 14. The lowest BCUT2D eigenvalue weighted by molar-refractivity contribution is 0.0985. The number of fused-ring (bicyclic) bond motifs is 1. The second-order valence-corrected chi connectivity index (χ2v) is 13.1. The summed E-state index contributed by atoms with van der Waals surface area (Å²) in [7, 11) is 0.317. The number of sulfonamides is 1. The van der Waals surface area contributed by atoms with Crippen LogP contribution in [0.5, 0.6) is 0 Å². The molecule has 0 aliphatic carbocycles. The summed E-state index contributed by atoms with van der Waals surface area (Å²) in [6.07, 6.45) is 5.53. The number of nitrogens with zero attached hydrogens (tertiary/aromatic N) is 4. The second kappa shape index (κ2) is 13.7. The van der Waals surface area contributed by atoms with Crippen LogP contribution in [0.1, 0.15) is 49.9 Å². The third-order valence-corrected chi connectivity index (χ3v) is 9.77. The Morgan fingerprint density at radius 1 is 0.946 bits per heavy atom. The van der Waals surface area contributed by atoms with Gasteiger partial charge in [0.1, 0.15) is 0 Å². The summed E-state index contributed by atoms with van der Waals surface area (Å²) >= 11 is 3.17. The molecule has 3 aromatic rings. The van der Waals surface area contributed by atoms with E-state index in [-0.39, 0.29) is 10.8 Å². The molecule has 0 saturated heterocycles. The minimum absolute atomic E-state index is 0.191. The van der Waals surface area contributed by atoms with Gasteiger partial charge in [-0.3, -0.25) is 9.69 Å². The molecule has 10 heteroatoms. The normalized spacial score (nSPS) is 12.1. The summed E-state index contributed by atoms with van der Waals surface area (Å²) in [5, 5.41) is 0.641. The predicted octanol–water partition coefficient (Wildman–Crippen LogP) is 5.82. The first-order chi connectivity index (χ1) is 17.7. The number of thiazole rings is 1. The summed E-state index contributed by atoms with van der Waals surface area (Å²) < 4.78 is 29.3. The molecule has 0 bridgehead atoms. The highest BCUT2D eigenvalue weighted by atomic mass is 32.2. The van der Waals surface area contributed by atoms with Crippen LogP contribution in [0.25, 0.3) is 10.2 Å². The number of amides is 1. The Morgan fingerprint density at radius 2 is 1.59 bits per heavy atom. The average molecular weight is 563 g/mol. The van der Waals surface area contributed by atoms with Gasteiger partial charge in [0, 0.05) is 36.6 Å². The number of carbonyl (C=O) groups is 1. The molecule has 1 aromatic heterocycles. The molecule has 0 spiro atoms. The molecule has 0 aliphatic rings. The van der Waals surface area contributed by atoms with E-state index in [1.54, 1.807) is 45.2 Å². The summed E-state index contributed by atoms with van der Waals surface area (Å²) in [6, 6.07) is 12.5. The van der Waals surface area contributed by atoms with Crippen LogP contribution >= 0.6 is 23.1 Å². The fourth-order valence-corrected chi connectivity index (χ4v) is 6.88. The topological polar surface area (TPSA) is 73.8 Å². The molecule has 0 fully saturated rings. The maximum atomic E-state index is 13.6.